The van der Waals surface area contributed by atoms with Gasteiger partial charge in [-0.1, -0.05) is 22.0 Å². The third-order valence-corrected chi connectivity index (χ3v) is 4.91. The number of nitrogens with zero attached hydrogens (tertiary/aromatic N) is 3. The summed E-state index contributed by atoms with van der Waals surface area (Å²) >= 11 is 3.50. The number of hydrogen-bond donors (Lipinski definition) is 2. The lowest BCUT2D eigenvalue weighted by atomic mass is 10.0. The molecule has 0 radical (unpaired) electrons. The number of amides is 1. The topological polar surface area (TPSA) is 114 Å². The number of nitrogens with one attached hydrogen (secondary N) is 2. The Bertz CT molecular complexity index is 1010. The molecule has 0 saturated carbocycles. The van der Waals surface area contributed by atoms with E-state index >= 15 is 0 Å². The molecule has 0 unspecified atom stereocenters. The number of methoxy groups -OCH3 is 2. The van der Waals surface area contributed by atoms with E-state index in [-0.39, 0.29) is 24.9 Å². The second kappa shape index (κ2) is 10.8. The van der Waals surface area contributed by atoms with Crippen molar-refractivity contribution < 1.29 is 19.1 Å². The molecule has 162 valence electrons. The highest BCUT2D eigenvalue weighted by molar-refractivity contribution is 9.10. The van der Waals surface area contributed by atoms with E-state index in [2.05, 4.69) is 31.8 Å². The first-order valence-corrected chi connectivity index (χ1v) is 10.3. The second-order valence-electron chi connectivity index (χ2n) is 6.59. The number of benzene rings is 1. The van der Waals surface area contributed by atoms with Gasteiger partial charge >= 0.3 is 5.97 Å². The van der Waals surface area contributed by atoms with Crippen molar-refractivity contribution in [2.75, 3.05) is 20.8 Å². The molecule has 1 aromatic carbocycles. The van der Waals surface area contributed by atoms with Crippen LogP contribution in [0.25, 0.3) is 0 Å². The van der Waals surface area contributed by atoms with Crippen LogP contribution in [0.1, 0.15) is 24.1 Å². The lowest BCUT2D eigenvalue weighted by molar-refractivity contribution is -0.140. The Morgan fingerprint density at radius 3 is 2.74 bits per heavy atom. The molecular weight excluding hydrogens is 466 g/mol. The quantitative estimate of drug-likeness (QED) is 0.477. The Hall–Kier alpha value is -3.11. The fourth-order valence-electron chi connectivity index (χ4n) is 2.96. The SMILES string of the molecule is COCC(=O)NNC1=Nc2ccc(Br)cc2C(c2ccccn2)=N[C@H]1CCC(=O)OC. The van der Waals surface area contributed by atoms with Gasteiger partial charge in [0.25, 0.3) is 5.91 Å². The summed E-state index contributed by atoms with van der Waals surface area (Å²) in [5.74, 6) is -0.337. The van der Waals surface area contributed by atoms with Crippen molar-refractivity contribution in [1.82, 2.24) is 15.8 Å². The van der Waals surface area contributed by atoms with Crippen LogP contribution < -0.4 is 10.9 Å². The number of aliphatic imine (C=N–C) groups is 2. The Balaban J connectivity index is 2.05. The number of esters is 1. The first kappa shape index (κ1) is 22.6. The Morgan fingerprint density at radius 2 is 2.03 bits per heavy atom. The molecule has 10 heteroatoms. The van der Waals surface area contributed by atoms with Gasteiger partial charge in [-0.3, -0.25) is 30.4 Å². The van der Waals surface area contributed by atoms with E-state index < -0.39 is 6.04 Å². The van der Waals surface area contributed by atoms with Crippen LogP contribution in [0.3, 0.4) is 0 Å². The van der Waals surface area contributed by atoms with Crippen LogP contribution in [0, 0.1) is 0 Å². The van der Waals surface area contributed by atoms with Crippen molar-refractivity contribution in [3.63, 3.8) is 0 Å². The molecule has 0 bridgehead atoms. The second-order valence-corrected chi connectivity index (χ2v) is 7.50. The molecule has 1 aliphatic rings. The summed E-state index contributed by atoms with van der Waals surface area (Å²) in [6, 6.07) is 10.6. The van der Waals surface area contributed by atoms with E-state index in [4.69, 9.17) is 19.5 Å². The fraction of sp³-hybridized carbons (Fsp3) is 0.286. The molecule has 9 nitrogen and oxygen atoms in total. The number of pyridine rings is 1. The zero-order valence-corrected chi connectivity index (χ0v) is 18.7. The molecule has 0 spiro atoms. The minimum atomic E-state index is -0.551. The third-order valence-electron chi connectivity index (χ3n) is 4.42. The number of hydrogen-bond acceptors (Lipinski definition) is 8. The van der Waals surface area contributed by atoms with Crippen molar-refractivity contribution in [1.29, 1.82) is 0 Å². The van der Waals surface area contributed by atoms with Gasteiger partial charge in [-0.2, -0.15) is 0 Å². The largest absolute Gasteiger partial charge is 0.469 e. The van der Waals surface area contributed by atoms with Crippen LogP contribution in [0.2, 0.25) is 0 Å². The van der Waals surface area contributed by atoms with E-state index in [0.29, 0.717) is 29.3 Å². The van der Waals surface area contributed by atoms with Gasteiger partial charge in [0.05, 0.1) is 24.2 Å². The summed E-state index contributed by atoms with van der Waals surface area (Å²) in [4.78, 5) is 37.7. The molecule has 0 fully saturated rings. The summed E-state index contributed by atoms with van der Waals surface area (Å²) in [5.41, 5.74) is 8.13. The zero-order valence-electron chi connectivity index (χ0n) is 17.1. The maximum Gasteiger partial charge on any atom is 0.305 e. The van der Waals surface area contributed by atoms with Crippen LogP contribution in [-0.4, -0.2) is 55.3 Å². The highest BCUT2D eigenvalue weighted by Crippen LogP contribution is 2.29. The maximum atomic E-state index is 11.9. The molecule has 0 saturated heterocycles. The summed E-state index contributed by atoms with van der Waals surface area (Å²) < 4.78 is 10.5. The van der Waals surface area contributed by atoms with Crippen molar-refractivity contribution >= 4 is 45.0 Å². The summed E-state index contributed by atoms with van der Waals surface area (Å²) in [7, 11) is 2.77. The van der Waals surface area contributed by atoms with Gasteiger partial charge in [0.2, 0.25) is 0 Å². The van der Waals surface area contributed by atoms with Crippen molar-refractivity contribution in [2.45, 2.75) is 18.9 Å². The molecule has 1 amide bonds. The van der Waals surface area contributed by atoms with Crippen molar-refractivity contribution in [3.8, 4) is 0 Å². The van der Waals surface area contributed by atoms with Gasteiger partial charge in [0.1, 0.15) is 18.5 Å². The smallest absolute Gasteiger partial charge is 0.305 e. The number of carbonyl (C=O) groups is 2. The molecule has 0 aliphatic carbocycles. The van der Waals surface area contributed by atoms with E-state index in [1.165, 1.54) is 14.2 Å². The molecule has 2 aromatic rings. The molecule has 1 aromatic heterocycles. The lowest BCUT2D eigenvalue weighted by Crippen LogP contribution is -2.47. The van der Waals surface area contributed by atoms with Crippen LogP contribution >= 0.6 is 15.9 Å². The number of fused-ring (bicyclic) bond motifs is 1. The van der Waals surface area contributed by atoms with Crippen molar-refractivity contribution in [3.05, 3.63) is 58.3 Å². The molecule has 2 N–H and O–H groups in total. The number of ether oxygens (including phenoxy) is 2. The minimum Gasteiger partial charge on any atom is -0.469 e. The first-order valence-electron chi connectivity index (χ1n) is 9.50. The van der Waals surface area contributed by atoms with E-state index in [1.54, 1.807) is 6.20 Å². The minimum absolute atomic E-state index is 0.112. The van der Waals surface area contributed by atoms with Gasteiger partial charge in [-0.15, -0.1) is 0 Å². The van der Waals surface area contributed by atoms with Crippen LogP contribution in [-0.2, 0) is 19.1 Å². The van der Waals surface area contributed by atoms with E-state index in [1.807, 2.05) is 36.4 Å². The monoisotopic (exact) mass is 487 g/mol. The molecule has 1 aliphatic heterocycles. The van der Waals surface area contributed by atoms with Crippen LogP contribution in [0.4, 0.5) is 5.69 Å². The third kappa shape index (κ3) is 5.96. The first-order chi connectivity index (χ1) is 15.0. The van der Waals surface area contributed by atoms with Gasteiger partial charge in [0.15, 0.2) is 0 Å². The van der Waals surface area contributed by atoms with Crippen molar-refractivity contribution in [2.24, 2.45) is 9.98 Å². The Morgan fingerprint density at radius 1 is 1.19 bits per heavy atom. The van der Waals surface area contributed by atoms with Crippen LogP contribution in [0.15, 0.2) is 57.1 Å². The number of aromatic nitrogens is 1. The van der Waals surface area contributed by atoms with E-state index in [0.717, 1.165) is 10.0 Å². The summed E-state index contributed by atoms with van der Waals surface area (Å²) in [5, 5.41) is 0. The highest BCUT2D eigenvalue weighted by Gasteiger charge is 2.25. The van der Waals surface area contributed by atoms with Gasteiger partial charge in [0, 0.05) is 29.8 Å². The predicted molar refractivity (Wildman–Crippen MR) is 119 cm³/mol. The van der Waals surface area contributed by atoms with Crippen LogP contribution in [0.5, 0.6) is 0 Å². The number of amidine groups is 1. The average Bonchev–Trinajstić information content (AvgIpc) is 2.93. The van der Waals surface area contributed by atoms with Gasteiger partial charge in [-0.25, -0.2) is 4.99 Å². The fourth-order valence-corrected chi connectivity index (χ4v) is 3.32. The molecule has 31 heavy (non-hydrogen) atoms. The lowest BCUT2D eigenvalue weighted by Gasteiger charge is -2.17. The highest BCUT2D eigenvalue weighted by atomic mass is 79.9. The number of hydrazine groups is 1. The zero-order chi connectivity index (χ0) is 22.2. The maximum absolute atomic E-state index is 11.9. The molecule has 1 atom stereocenters. The normalized spacial score (nSPS) is 15.1. The molecular formula is C21H22BrN5O4. The predicted octanol–water partition coefficient (Wildman–Crippen LogP) is 2.31. The number of carbonyl (C=O) groups excluding carboxylic acids is 2. The standard InChI is InChI=1S/C21H22BrN5O4/c1-30-12-18(28)26-27-21-17(8-9-19(29)31-2)24-20(16-5-3-4-10-23-16)14-11-13(22)6-7-15(14)25-21/h3-7,10-11,17H,8-9,12H2,1-2H3,(H,25,27)(H,26,28)/t17-/m0/s1. The molecule has 3 rings (SSSR count). The molecule has 2 heterocycles. The van der Waals surface area contributed by atoms with E-state index in [9.17, 15) is 9.59 Å². The van der Waals surface area contributed by atoms with Gasteiger partial charge < -0.3 is 9.47 Å². The Kier molecular flexibility index (Phi) is 7.85. The number of halogens is 1. The van der Waals surface area contributed by atoms with Gasteiger partial charge in [-0.05, 0) is 36.8 Å². The summed E-state index contributed by atoms with van der Waals surface area (Å²) in [6.45, 7) is -0.112. The summed E-state index contributed by atoms with van der Waals surface area (Å²) in [6.07, 6.45) is 2.14. The Labute approximate surface area is 188 Å². The number of rotatable bonds is 6. The average molecular weight is 488 g/mol.